The lowest BCUT2D eigenvalue weighted by atomic mass is 9.91. The van der Waals surface area contributed by atoms with Crippen molar-refractivity contribution >= 4 is 32.2 Å². The van der Waals surface area contributed by atoms with Crippen LogP contribution in [0.15, 0.2) is 29.2 Å². The fraction of sp³-hybridized carbons (Fsp3) is 0.619. The summed E-state index contributed by atoms with van der Waals surface area (Å²) in [6, 6.07) is 6.32. The van der Waals surface area contributed by atoms with Crippen molar-refractivity contribution in [1.29, 1.82) is 0 Å². The molecular weight excluding hydrogens is 514 g/mol. The summed E-state index contributed by atoms with van der Waals surface area (Å²) in [5.41, 5.74) is 0.397. The molecule has 1 aromatic carbocycles. The Hall–Kier alpha value is -2.16. The predicted molar refractivity (Wildman–Crippen MR) is 122 cm³/mol. The Balaban J connectivity index is 0.000000712. The third kappa shape index (κ3) is 10.5. The normalized spacial score (nSPS) is 13.3. The van der Waals surface area contributed by atoms with Crippen molar-refractivity contribution in [2.24, 2.45) is 5.41 Å². The molecule has 0 aliphatic rings. The lowest BCUT2D eigenvalue weighted by molar-refractivity contribution is -0.162. The zero-order chi connectivity index (χ0) is 27.7. The molecule has 0 heterocycles. The molecule has 0 saturated carbocycles. The Morgan fingerprint density at radius 3 is 1.77 bits per heavy atom. The first-order valence-corrected chi connectivity index (χ1v) is 13.5. The van der Waals surface area contributed by atoms with E-state index < -0.39 is 49.5 Å². The molecule has 0 spiro atoms. The molecule has 0 aromatic heterocycles. The monoisotopic (exact) mass is 546 g/mol. The van der Waals surface area contributed by atoms with Gasteiger partial charge < -0.3 is 9.47 Å². The first-order chi connectivity index (χ1) is 15.8. The smallest absolute Gasteiger partial charge is 0.465 e. The molecule has 0 saturated heterocycles. The molecule has 2 N–H and O–H groups in total. The minimum absolute atomic E-state index is 0.0513. The van der Waals surface area contributed by atoms with Gasteiger partial charge in [0, 0.05) is 6.42 Å². The zero-order valence-corrected chi connectivity index (χ0v) is 21.8. The van der Waals surface area contributed by atoms with Crippen LogP contribution in [-0.4, -0.2) is 56.3 Å². The van der Waals surface area contributed by atoms with E-state index in [-0.39, 0.29) is 17.9 Å². The van der Waals surface area contributed by atoms with Crippen LogP contribution in [0.1, 0.15) is 65.4 Å². The van der Waals surface area contributed by atoms with E-state index in [2.05, 4.69) is 18.6 Å². The summed E-state index contributed by atoms with van der Waals surface area (Å²) in [6.07, 6.45) is 1.46. The van der Waals surface area contributed by atoms with Crippen molar-refractivity contribution in [1.82, 2.24) is 0 Å². The molecule has 1 aromatic rings. The van der Waals surface area contributed by atoms with E-state index in [9.17, 15) is 35.2 Å². The van der Waals surface area contributed by atoms with Gasteiger partial charge in [0.05, 0.1) is 23.5 Å². The van der Waals surface area contributed by atoms with Gasteiger partial charge in [-0.3, -0.25) is 13.9 Å². The highest BCUT2D eigenvalue weighted by atomic mass is 32.2. The van der Waals surface area contributed by atoms with Crippen molar-refractivity contribution < 1.29 is 53.8 Å². The first kappa shape index (κ1) is 32.8. The molecule has 0 amide bonds. The highest BCUT2D eigenvalue weighted by Crippen LogP contribution is 2.23. The molecule has 14 heteroatoms. The molecule has 0 aliphatic heterocycles. The number of esters is 2. The standard InChI is InChI=1S/C11H18F2O7S.C10H14O3S/c1-4-10(2,3)8(14)19-6-5-7-20-9(15)11(12,13)21(16,17)18;1-3-8(2)9-4-6-10(7-5-9)14(11,12)13/h4-7H2,1-3H3,(H,16,17,18);4-8H,3H2,1-2H3,(H,11,12,13). The molecule has 0 radical (unpaired) electrons. The maximum Gasteiger partial charge on any atom is 0.465 e. The van der Waals surface area contributed by atoms with Gasteiger partial charge in [-0.05, 0) is 50.3 Å². The molecule has 1 atom stereocenters. The molecular formula is C21H32F2O10S2. The van der Waals surface area contributed by atoms with E-state index in [0.29, 0.717) is 12.3 Å². The van der Waals surface area contributed by atoms with Crippen LogP contribution < -0.4 is 0 Å². The van der Waals surface area contributed by atoms with E-state index in [0.717, 1.165) is 12.0 Å². The summed E-state index contributed by atoms with van der Waals surface area (Å²) in [7, 11) is -9.93. The summed E-state index contributed by atoms with van der Waals surface area (Å²) in [5.74, 6) is -2.46. The Bertz CT molecular complexity index is 1050. The van der Waals surface area contributed by atoms with Crippen LogP contribution in [0.25, 0.3) is 0 Å². The van der Waals surface area contributed by atoms with Crippen LogP contribution in [0.4, 0.5) is 8.78 Å². The Morgan fingerprint density at radius 1 is 0.943 bits per heavy atom. The molecule has 0 bridgehead atoms. The molecule has 1 unspecified atom stereocenters. The van der Waals surface area contributed by atoms with Crippen LogP contribution in [0, 0.1) is 5.41 Å². The number of benzene rings is 1. The van der Waals surface area contributed by atoms with Crippen LogP contribution >= 0.6 is 0 Å². The van der Waals surface area contributed by atoms with Crippen LogP contribution in [0.3, 0.4) is 0 Å². The number of rotatable bonds is 11. The second kappa shape index (κ2) is 13.2. The molecule has 0 fully saturated rings. The van der Waals surface area contributed by atoms with E-state index in [1.165, 1.54) is 12.1 Å². The zero-order valence-electron chi connectivity index (χ0n) is 20.2. The largest absolute Gasteiger partial charge is 0.465 e. The van der Waals surface area contributed by atoms with Gasteiger partial charge in [-0.15, -0.1) is 0 Å². The van der Waals surface area contributed by atoms with Crippen molar-refractivity contribution in [3.05, 3.63) is 29.8 Å². The molecule has 0 aliphatic carbocycles. The van der Waals surface area contributed by atoms with Gasteiger partial charge in [-0.1, -0.05) is 32.9 Å². The second-order valence-electron chi connectivity index (χ2n) is 8.21. The Kier molecular flexibility index (Phi) is 12.4. The number of carbonyl (C=O) groups excluding carboxylic acids is 2. The molecule has 202 valence electrons. The average molecular weight is 547 g/mol. The van der Waals surface area contributed by atoms with E-state index in [1.54, 1.807) is 32.9 Å². The minimum atomic E-state index is -5.87. The third-order valence-corrected chi connectivity index (χ3v) is 6.79. The number of ether oxygens (including phenoxy) is 2. The predicted octanol–water partition coefficient (Wildman–Crippen LogP) is 3.83. The van der Waals surface area contributed by atoms with Crippen LogP contribution in [0.5, 0.6) is 0 Å². The summed E-state index contributed by atoms with van der Waals surface area (Å²) < 4.78 is 93.3. The molecule has 1 rings (SSSR count). The average Bonchev–Trinajstić information content (AvgIpc) is 2.77. The number of alkyl halides is 2. The van der Waals surface area contributed by atoms with Gasteiger partial charge >= 0.3 is 27.3 Å². The third-order valence-electron chi connectivity index (χ3n) is 5.11. The summed E-state index contributed by atoms with van der Waals surface area (Å²) >= 11 is 0. The van der Waals surface area contributed by atoms with E-state index in [4.69, 9.17) is 13.8 Å². The van der Waals surface area contributed by atoms with Crippen molar-refractivity contribution in [2.45, 2.75) is 69.9 Å². The minimum Gasteiger partial charge on any atom is -0.465 e. The highest BCUT2D eigenvalue weighted by molar-refractivity contribution is 7.87. The van der Waals surface area contributed by atoms with Gasteiger partial charge in [0.25, 0.3) is 10.1 Å². The maximum atomic E-state index is 12.8. The molecule has 35 heavy (non-hydrogen) atoms. The van der Waals surface area contributed by atoms with Gasteiger partial charge in [-0.25, -0.2) is 4.79 Å². The van der Waals surface area contributed by atoms with Crippen molar-refractivity contribution in [3.63, 3.8) is 0 Å². The maximum absolute atomic E-state index is 12.8. The van der Waals surface area contributed by atoms with Crippen LogP contribution in [0.2, 0.25) is 0 Å². The number of carbonyl (C=O) groups is 2. The highest BCUT2D eigenvalue weighted by Gasteiger charge is 2.54. The topological polar surface area (TPSA) is 161 Å². The van der Waals surface area contributed by atoms with E-state index >= 15 is 0 Å². The number of hydrogen-bond acceptors (Lipinski definition) is 8. The van der Waals surface area contributed by atoms with E-state index in [1.807, 2.05) is 0 Å². The fourth-order valence-corrected chi connectivity index (χ4v) is 2.87. The van der Waals surface area contributed by atoms with Crippen LogP contribution in [-0.2, 0) is 39.3 Å². The molecule has 10 nitrogen and oxygen atoms in total. The van der Waals surface area contributed by atoms with Gasteiger partial charge in [0.2, 0.25) is 0 Å². The number of halogens is 2. The van der Waals surface area contributed by atoms with Crippen molar-refractivity contribution in [3.8, 4) is 0 Å². The lowest BCUT2D eigenvalue weighted by Crippen LogP contribution is -2.39. The lowest BCUT2D eigenvalue weighted by Gasteiger charge is -2.20. The summed E-state index contributed by atoms with van der Waals surface area (Å²) in [4.78, 5) is 22.3. The van der Waals surface area contributed by atoms with Gasteiger partial charge in [0.1, 0.15) is 0 Å². The summed E-state index contributed by atoms with van der Waals surface area (Å²) in [6.45, 7) is 8.52. The Morgan fingerprint density at radius 2 is 1.40 bits per heavy atom. The second-order valence-corrected chi connectivity index (χ2v) is 11.1. The first-order valence-electron chi connectivity index (χ1n) is 10.6. The quantitative estimate of drug-likeness (QED) is 0.237. The number of hydrogen-bond donors (Lipinski definition) is 2. The van der Waals surface area contributed by atoms with Crippen molar-refractivity contribution in [2.75, 3.05) is 13.2 Å². The van der Waals surface area contributed by atoms with Gasteiger partial charge in [0.15, 0.2) is 0 Å². The SMILES string of the molecule is CCC(C)(C)C(=O)OCCCOC(=O)C(F)(F)S(=O)(=O)O.CCC(C)c1ccc(S(=O)(=O)O)cc1. The summed E-state index contributed by atoms with van der Waals surface area (Å²) in [5, 5.41) is -5.02. The van der Waals surface area contributed by atoms with Gasteiger partial charge in [-0.2, -0.15) is 25.6 Å². The fourth-order valence-electron chi connectivity index (χ4n) is 2.12. The Labute approximate surface area is 204 Å².